The molecule has 0 bridgehead atoms. The molecule has 0 saturated carbocycles. The van der Waals surface area contributed by atoms with Gasteiger partial charge >= 0.3 is 0 Å². The number of morpholine rings is 1. The lowest BCUT2D eigenvalue weighted by Gasteiger charge is -2.24. The summed E-state index contributed by atoms with van der Waals surface area (Å²) in [5.74, 6) is -0.148. The van der Waals surface area contributed by atoms with Crippen LogP contribution in [0.25, 0.3) is 0 Å². The summed E-state index contributed by atoms with van der Waals surface area (Å²) >= 11 is 0. The zero-order chi connectivity index (χ0) is 13.8. The Morgan fingerprint density at radius 1 is 1.40 bits per heavy atom. The van der Waals surface area contributed by atoms with Crippen LogP contribution in [0.2, 0.25) is 0 Å². The number of halogens is 1. The molecule has 0 aliphatic carbocycles. The number of aryl methyl sites for hydroxylation is 2. The number of ether oxygens (including phenoxy) is 1. The maximum Gasteiger partial charge on any atom is 0.126 e. The van der Waals surface area contributed by atoms with Crippen LogP contribution in [0, 0.1) is 5.82 Å². The Morgan fingerprint density at radius 3 is 3.10 bits per heavy atom. The molecule has 1 unspecified atom stereocenters. The minimum absolute atomic E-state index is 0.0341. The number of hydrogen-bond donors (Lipinski definition) is 1. The molecular formula is C15H18FN3O. The molecule has 1 fully saturated rings. The van der Waals surface area contributed by atoms with Crippen molar-refractivity contribution < 1.29 is 9.13 Å². The molecule has 1 aromatic carbocycles. The van der Waals surface area contributed by atoms with Crippen molar-refractivity contribution in [3.05, 3.63) is 53.9 Å². The van der Waals surface area contributed by atoms with Gasteiger partial charge in [-0.05, 0) is 18.1 Å². The molecule has 106 valence electrons. The van der Waals surface area contributed by atoms with Crippen LogP contribution in [0.1, 0.15) is 17.4 Å². The summed E-state index contributed by atoms with van der Waals surface area (Å²) in [4.78, 5) is 4.19. The average Bonchev–Trinajstić information content (AvgIpc) is 2.96. The Kier molecular flexibility index (Phi) is 4.08. The lowest BCUT2D eigenvalue weighted by atomic mass is 10.1. The number of hydrogen-bond acceptors (Lipinski definition) is 3. The van der Waals surface area contributed by atoms with E-state index in [2.05, 4.69) is 10.3 Å². The monoisotopic (exact) mass is 275 g/mol. The first kappa shape index (κ1) is 13.3. The van der Waals surface area contributed by atoms with Crippen molar-refractivity contribution in [1.82, 2.24) is 14.9 Å². The molecule has 1 aliphatic rings. The Hall–Kier alpha value is -1.72. The van der Waals surface area contributed by atoms with Crippen LogP contribution in [0.15, 0.2) is 36.8 Å². The highest BCUT2D eigenvalue weighted by molar-refractivity contribution is 5.17. The van der Waals surface area contributed by atoms with Gasteiger partial charge in [-0.15, -0.1) is 0 Å². The summed E-state index contributed by atoms with van der Waals surface area (Å²) in [6.45, 7) is 3.10. The van der Waals surface area contributed by atoms with Gasteiger partial charge in [-0.1, -0.05) is 18.2 Å². The number of rotatable bonds is 4. The molecule has 2 aromatic rings. The Bertz CT molecular complexity index is 564. The molecule has 1 atom stereocenters. The molecule has 1 aliphatic heterocycles. The highest BCUT2D eigenvalue weighted by Crippen LogP contribution is 2.19. The third kappa shape index (κ3) is 2.89. The molecule has 20 heavy (non-hydrogen) atoms. The molecular weight excluding hydrogens is 257 g/mol. The van der Waals surface area contributed by atoms with Crippen molar-refractivity contribution in [2.45, 2.75) is 19.1 Å². The Labute approximate surface area is 117 Å². The fourth-order valence-electron chi connectivity index (χ4n) is 2.48. The van der Waals surface area contributed by atoms with Crippen molar-refractivity contribution in [2.24, 2.45) is 0 Å². The van der Waals surface area contributed by atoms with Crippen molar-refractivity contribution in [2.75, 3.05) is 19.7 Å². The van der Waals surface area contributed by atoms with Crippen molar-refractivity contribution in [3.8, 4) is 0 Å². The van der Waals surface area contributed by atoms with E-state index in [1.807, 2.05) is 22.9 Å². The number of imidazole rings is 1. The van der Waals surface area contributed by atoms with Crippen LogP contribution in [-0.4, -0.2) is 29.2 Å². The first-order valence-corrected chi connectivity index (χ1v) is 6.90. The Morgan fingerprint density at radius 2 is 2.30 bits per heavy atom. The summed E-state index contributed by atoms with van der Waals surface area (Å²) in [6, 6.07) is 6.90. The van der Waals surface area contributed by atoms with E-state index in [1.54, 1.807) is 12.4 Å². The van der Waals surface area contributed by atoms with E-state index in [4.69, 9.17) is 4.74 Å². The van der Waals surface area contributed by atoms with E-state index < -0.39 is 0 Å². The van der Waals surface area contributed by atoms with Crippen LogP contribution in [0.3, 0.4) is 0 Å². The van der Waals surface area contributed by atoms with Gasteiger partial charge in [0.25, 0.3) is 0 Å². The quantitative estimate of drug-likeness (QED) is 0.926. The van der Waals surface area contributed by atoms with E-state index in [0.717, 1.165) is 24.3 Å². The van der Waals surface area contributed by atoms with Crippen molar-refractivity contribution >= 4 is 0 Å². The molecule has 2 heterocycles. The van der Waals surface area contributed by atoms with Gasteiger partial charge in [-0.2, -0.15) is 0 Å². The maximum absolute atomic E-state index is 13.6. The number of nitrogens with one attached hydrogen (secondary N) is 1. The van der Waals surface area contributed by atoms with Gasteiger partial charge in [-0.3, -0.25) is 0 Å². The average molecular weight is 275 g/mol. The lowest BCUT2D eigenvalue weighted by molar-refractivity contribution is 0.0228. The summed E-state index contributed by atoms with van der Waals surface area (Å²) < 4.78 is 21.4. The third-order valence-corrected chi connectivity index (χ3v) is 3.58. The largest absolute Gasteiger partial charge is 0.369 e. The van der Waals surface area contributed by atoms with Crippen molar-refractivity contribution in [3.63, 3.8) is 0 Å². The minimum Gasteiger partial charge on any atom is -0.369 e. The lowest BCUT2D eigenvalue weighted by Crippen LogP contribution is -2.34. The fraction of sp³-hybridized carbons (Fsp3) is 0.400. The molecule has 4 nitrogen and oxygen atoms in total. The SMILES string of the molecule is Fc1ccccc1CCn1cncc1C1CNCCO1. The highest BCUT2D eigenvalue weighted by atomic mass is 19.1. The first-order chi connectivity index (χ1) is 9.84. The van der Waals surface area contributed by atoms with E-state index >= 15 is 0 Å². The normalized spacial score (nSPS) is 19.1. The molecule has 1 saturated heterocycles. The Balaban J connectivity index is 1.69. The molecule has 0 spiro atoms. The number of benzene rings is 1. The van der Waals surface area contributed by atoms with Gasteiger partial charge in [0.15, 0.2) is 0 Å². The summed E-state index contributed by atoms with van der Waals surface area (Å²) in [5.41, 5.74) is 1.78. The van der Waals surface area contributed by atoms with Gasteiger partial charge < -0.3 is 14.6 Å². The predicted octanol–water partition coefficient (Wildman–Crippen LogP) is 1.93. The van der Waals surface area contributed by atoms with E-state index in [9.17, 15) is 4.39 Å². The van der Waals surface area contributed by atoms with Gasteiger partial charge in [0.2, 0.25) is 0 Å². The minimum atomic E-state index is -0.148. The zero-order valence-electron chi connectivity index (χ0n) is 11.3. The van der Waals surface area contributed by atoms with Crippen LogP contribution >= 0.6 is 0 Å². The second-order valence-electron chi connectivity index (χ2n) is 4.92. The van der Waals surface area contributed by atoms with Crippen LogP contribution in [0.4, 0.5) is 4.39 Å². The molecule has 5 heteroatoms. The standard InChI is InChI=1S/C15H18FN3O/c16-13-4-2-1-3-12(13)5-7-19-11-18-9-14(19)15-10-17-6-8-20-15/h1-4,9,11,15,17H,5-8,10H2. The van der Waals surface area contributed by atoms with E-state index in [-0.39, 0.29) is 11.9 Å². The zero-order valence-corrected chi connectivity index (χ0v) is 11.3. The number of nitrogens with zero attached hydrogens (tertiary/aromatic N) is 2. The van der Waals surface area contributed by atoms with Crippen LogP contribution in [0.5, 0.6) is 0 Å². The summed E-state index contributed by atoms with van der Waals surface area (Å²) in [5, 5.41) is 3.31. The molecule has 1 N–H and O–H groups in total. The molecule has 3 rings (SSSR count). The van der Waals surface area contributed by atoms with Crippen LogP contribution < -0.4 is 5.32 Å². The fourth-order valence-corrected chi connectivity index (χ4v) is 2.48. The number of aromatic nitrogens is 2. The third-order valence-electron chi connectivity index (χ3n) is 3.58. The second-order valence-corrected chi connectivity index (χ2v) is 4.92. The molecule has 1 aromatic heterocycles. The summed E-state index contributed by atoms with van der Waals surface area (Å²) in [6.07, 6.45) is 4.30. The first-order valence-electron chi connectivity index (χ1n) is 6.90. The highest BCUT2D eigenvalue weighted by Gasteiger charge is 2.19. The molecule has 0 amide bonds. The van der Waals surface area contributed by atoms with Crippen LogP contribution in [-0.2, 0) is 17.7 Å². The van der Waals surface area contributed by atoms with Gasteiger partial charge in [-0.25, -0.2) is 9.37 Å². The second kappa shape index (κ2) is 6.15. The molecule has 0 radical (unpaired) electrons. The smallest absolute Gasteiger partial charge is 0.126 e. The van der Waals surface area contributed by atoms with Gasteiger partial charge in [0, 0.05) is 19.6 Å². The maximum atomic E-state index is 13.6. The van der Waals surface area contributed by atoms with E-state index in [0.29, 0.717) is 19.6 Å². The topological polar surface area (TPSA) is 39.1 Å². The van der Waals surface area contributed by atoms with Crippen molar-refractivity contribution in [1.29, 1.82) is 0 Å². The van der Waals surface area contributed by atoms with E-state index in [1.165, 1.54) is 6.07 Å². The van der Waals surface area contributed by atoms with Gasteiger partial charge in [0.05, 0.1) is 24.8 Å². The van der Waals surface area contributed by atoms with Gasteiger partial charge in [0.1, 0.15) is 11.9 Å². The summed E-state index contributed by atoms with van der Waals surface area (Å²) in [7, 11) is 0. The predicted molar refractivity (Wildman–Crippen MR) is 73.9 cm³/mol.